The van der Waals surface area contributed by atoms with E-state index in [4.69, 9.17) is 9.88 Å². The van der Waals surface area contributed by atoms with Crippen LogP contribution >= 0.6 is 0 Å². The van der Waals surface area contributed by atoms with Crippen LogP contribution in [0.5, 0.6) is 0 Å². The number of amides is 1. The molecule has 0 heterocycles. The van der Waals surface area contributed by atoms with E-state index in [2.05, 4.69) is 0 Å². The highest BCUT2D eigenvalue weighted by Gasteiger charge is 2.26. The summed E-state index contributed by atoms with van der Waals surface area (Å²) in [6, 6.07) is 11.3. The minimum absolute atomic E-state index is 0.333. The SMILES string of the molecule is CCN(C(=O)[C@@H](C)OC(=O)c1cc(S(N)(=O)=O)ccc1F)c1ccccc1. The predicted octanol–water partition coefficient (Wildman–Crippen LogP) is 2.07. The molecule has 0 saturated heterocycles. The van der Waals surface area contributed by atoms with Gasteiger partial charge in [-0.15, -0.1) is 0 Å². The van der Waals surface area contributed by atoms with E-state index in [9.17, 15) is 22.4 Å². The first-order valence-corrected chi connectivity index (χ1v) is 9.59. The first kappa shape index (κ1) is 20.5. The van der Waals surface area contributed by atoms with Crippen LogP contribution in [0.25, 0.3) is 0 Å². The number of esters is 1. The van der Waals surface area contributed by atoms with Crippen molar-refractivity contribution in [2.75, 3.05) is 11.4 Å². The maximum absolute atomic E-state index is 13.9. The maximum Gasteiger partial charge on any atom is 0.341 e. The monoisotopic (exact) mass is 394 g/mol. The number of nitrogens with two attached hydrogens (primary N) is 1. The van der Waals surface area contributed by atoms with Gasteiger partial charge in [0, 0.05) is 12.2 Å². The highest BCUT2D eigenvalue weighted by Crippen LogP contribution is 2.18. The summed E-state index contributed by atoms with van der Waals surface area (Å²) in [5, 5.41) is 4.98. The Morgan fingerprint density at radius 3 is 2.37 bits per heavy atom. The zero-order valence-corrected chi connectivity index (χ0v) is 15.6. The lowest BCUT2D eigenvalue weighted by atomic mass is 10.2. The number of likely N-dealkylation sites (N-methyl/N-ethyl adjacent to an activating group) is 1. The van der Waals surface area contributed by atoms with Crippen LogP contribution in [0, 0.1) is 5.82 Å². The van der Waals surface area contributed by atoms with Crippen molar-refractivity contribution in [2.24, 2.45) is 5.14 Å². The molecule has 27 heavy (non-hydrogen) atoms. The summed E-state index contributed by atoms with van der Waals surface area (Å²) in [4.78, 5) is 25.8. The smallest absolute Gasteiger partial charge is 0.341 e. The summed E-state index contributed by atoms with van der Waals surface area (Å²) in [7, 11) is -4.12. The van der Waals surface area contributed by atoms with Crippen molar-refractivity contribution in [2.45, 2.75) is 24.8 Å². The molecule has 0 spiro atoms. The molecular weight excluding hydrogens is 375 g/mol. The van der Waals surface area contributed by atoms with Crippen LogP contribution in [-0.4, -0.2) is 32.9 Å². The second-order valence-corrected chi connectivity index (χ2v) is 7.21. The van der Waals surface area contributed by atoms with Crippen LogP contribution < -0.4 is 10.0 Å². The van der Waals surface area contributed by atoms with Crippen LogP contribution in [-0.2, 0) is 19.6 Å². The van der Waals surface area contributed by atoms with Gasteiger partial charge in [-0.3, -0.25) is 4.79 Å². The standard InChI is InChI=1S/C18H19FN2O5S/c1-3-21(13-7-5-4-6-8-13)17(22)12(2)26-18(23)15-11-14(27(20,24)25)9-10-16(15)19/h4-12H,3H2,1-2H3,(H2,20,24,25)/t12-/m1/s1. The van der Waals surface area contributed by atoms with Crippen LogP contribution in [0.2, 0.25) is 0 Å². The zero-order valence-electron chi connectivity index (χ0n) is 14.8. The number of carbonyl (C=O) groups excluding carboxylic acids is 2. The average molecular weight is 394 g/mol. The second-order valence-electron chi connectivity index (χ2n) is 5.65. The number of hydrogen-bond donors (Lipinski definition) is 1. The lowest BCUT2D eigenvalue weighted by Crippen LogP contribution is -2.40. The Bertz CT molecular complexity index is 947. The van der Waals surface area contributed by atoms with Gasteiger partial charge in [0.1, 0.15) is 5.82 Å². The van der Waals surface area contributed by atoms with Crippen LogP contribution in [0.15, 0.2) is 53.4 Å². The number of sulfonamides is 1. The molecular formula is C18H19FN2O5S. The minimum atomic E-state index is -4.12. The molecule has 2 N–H and O–H groups in total. The molecule has 0 radical (unpaired) electrons. The van der Waals surface area contributed by atoms with Crippen molar-refractivity contribution in [1.82, 2.24) is 0 Å². The summed E-state index contributed by atoms with van der Waals surface area (Å²) in [6.07, 6.45) is -1.21. The number of ether oxygens (including phenoxy) is 1. The van der Waals surface area contributed by atoms with E-state index in [0.29, 0.717) is 12.2 Å². The van der Waals surface area contributed by atoms with Gasteiger partial charge in [0.25, 0.3) is 5.91 Å². The summed E-state index contributed by atoms with van der Waals surface area (Å²) in [5.74, 6) is -2.65. The van der Waals surface area contributed by atoms with Crippen molar-refractivity contribution in [3.05, 3.63) is 59.9 Å². The molecule has 0 unspecified atom stereocenters. The van der Waals surface area contributed by atoms with Crippen molar-refractivity contribution < 1.29 is 27.1 Å². The van der Waals surface area contributed by atoms with E-state index >= 15 is 0 Å². The number of carbonyl (C=O) groups is 2. The van der Waals surface area contributed by atoms with Crippen LogP contribution in [0.1, 0.15) is 24.2 Å². The molecule has 1 atom stereocenters. The van der Waals surface area contributed by atoms with Crippen molar-refractivity contribution in [1.29, 1.82) is 0 Å². The fourth-order valence-corrected chi connectivity index (χ4v) is 2.95. The Balaban J connectivity index is 2.21. The van der Waals surface area contributed by atoms with Gasteiger partial charge in [-0.1, -0.05) is 18.2 Å². The zero-order chi connectivity index (χ0) is 20.2. The van der Waals surface area contributed by atoms with E-state index in [1.165, 1.54) is 11.8 Å². The normalized spacial score (nSPS) is 12.3. The summed E-state index contributed by atoms with van der Waals surface area (Å²) in [5.41, 5.74) is -0.000707. The first-order valence-electron chi connectivity index (χ1n) is 8.05. The number of halogens is 1. The van der Waals surface area contributed by atoms with Crippen molar-refractivity contribution >= 4 is 27.6 Å². The molecule has 7 nitrogen and oxygen atoms in total. The molecule has 0 saturated carbocycles. The molecule has 1 amide bonds. The van der Waals surface area contributed by atoms with E-state index in [-0.39, 0.29) is 0 Å². The third-order valence-electron chi connectivity index (χ3n) is 3.77. The Morgan fingerprint density at radius 2 is 1.81 bits per heavy atom. The number of anilines is 1. The third kappa shape index (κ3) is 4.89. The lowest BCUT2D eigenvalue weighted by Gasteiger charge is -2.24. The van der Waals surface area contributed by atoms with E-state index < -0.39 is 44.3 Å². The molecule has 0 fully saturated rings. The van der Waals surface area contributed by atoms with Gasteiger partial charge in [0.05, 0.1) is 10.5 Å². The number of rotatable bonds is 6. The van der Waals surface area contributed by atoms with Gasteiger partial charge in [-0.05, 0) is 44.2 Å². The van der Waals surface area contributed by atoms with E-state index in [0.717, 1.165) is 18.2 Å². The molecule has 0 bridgehead atoms. The first-order chi connectivity index (χ1) is 12.6. The van der Waals surface area contributed by atoms with Gasteiger partial charge in [-0.2, -0.15) is 0 Å². The quantitative estimate of drug-likeness (QED) is 0.755. The predicted molar refractivity (Wildman–Crippen MR) is 97.1 cm³/mol. The lowest BCUT2D eigenvalue weighted by molar-refractivity contribution is -0.126. The number of hydrogen-bond acceptors (Lipinski definition) is 5. The number of primary sulfonamides is 1. The Kier molecular flexibility index (Phi) is 6.29. The highest BCUT2D eigenvalue weighted by atomic mass is 32.2. The molecule has 2 rings (SSSR count). The van der Waals surface area contributed by atoms with E-state index in [1.807, 2.05) is 0 Å². The van der Waals surface area contributed by atoms with Gasteiger partial charge >= 0.3 is 5.97 Å². The molecule has 0 aliphatic carbocycles. The molecule has 0 aliphatic rings. The van der Waals surface area contributed by atoms with Crippen LogP contribution in [0.4, 0.5) is 10.1 Å². The fourth-order valence-electron chi connectivity index (χ4n) is 2.41. The molecule has 9 heteroatoms. The summed E-state index contributed by atoms with van der Waals surface area (Å²) < 4.78 is 41.7. The van der Waals surface area contributed by atoms with Gasteiger partial charge in [0.15, 0.2) is 6.10 Å². The molecule has 0 aliphatic heterocycles. The van der Waals surface area contributed by atoms with E-state index in [1.54, 1.807) is 37.3 Å². The molecule has 2 aromatic rings. The highest BCUT2D eigenvalue weighted by molar-refractivity contribution is 7.89. The Morgan fingerprint density at radius 1 is 1.19 bits per heavy atom. The van der Waals surface area contributed by atoms with Gasteiger partial charge in [-0.25, -0.2) is 22.7 Å². The number of para-hydroxylation sites is 1. The molecule has 0 aromatic heterocycles. The van der Waals surface area contributed by atoms with Crippen molar-refractivity contribution in [3.63, 3.8) is 0 Å². The average Bonchev–Trinajstić information content (AvgIpc) is 2.62. The largest absolute Gasteiger partial charge is 0.449 e. The maximum atomic E-state index is 13.9. The summed E-state index contributed by atoms with van der Waals surface area (Å²) >= 11 is 0. The number of nitrogens with zero attached hydrogens (tertiary/aromatic N) is 1. The minimum Gasteiger partial charge on any atom is -0.449 e. The second kappa shape index (κ2) is 8.28. The summed E-state index contributed by atoms with van der Waals surface area (Å²) in [6.45, 7) is 3.45. The topological polar surface area (TPSA) is 107 Å². The van der Waals surface area contributed by atoms with Crippen LogP contribution in [0.3, 0.4) is 0 Å². The third-order valence-corrected chi connectivity index (χ3v) is 4.68. The number of benzene rings is 2. The van der Waals surface area contributed by atoms with Gasteiger partial charge in [0.2, 0.25) is 10.0 Å². The fraction of sp³-hybridized carbons (Fsp3) is 0.222. The molecule has 144 valence electrons. The van der Waals surface area contributed by atoms with Gasteiger partial charge < -0.3 is 9.64 Å². The Labute approximate surface area is 156 Å². The van der Waals surface area contributed by atoms with Crippen molar-refractivity contribution in [3.8, 4) is 0 Å². The Hall–Kier alpha value is -2.78. The molecule has 2 aromatic carbocycles.